The highest BCUT2D eigenvalue weighted by atomic mass is 16.3. The molecule has 57 heavy (non-hydrogen) atoms. The summed E-state index contributed by atoms with van der Waals surface area (Å²) in [7, 11) is 0. The summed E-state index contributed by atoms with van der Waals surface area (Å²) in [5.74, 6) is 0.553. The highest BCUT2D eigenvalue weighted by Crippen LogP contribution is 2.46. The van der Waals surface area contributed by atoms with Crippen LogP contribution in [-0.4, -0.2) is 4.98 Å². The molecule has 2 aromatic heterocycles. The number of hydrogen-bond donors (Lipinski definition) is 0. The number of anilines is 3. The highest BCUT2D eigenvalue weighted by molar-refractivity contribution is 6.14. The number of rotatable bonds is 9. The van der Waals surface area contributed by atoms with E-state index in [0.717, 1.165) is 89.0 Å². The van der Waals surface area contributed by atoms with E-state index in [1.165, 1.54) is 5.56 Å². The molecule has 0 fully saturated rings. The number of hydrogen-bond acceptors (Lipinski definition) is 4. The molecule has 0 radical (unpaired) electrons. The minimum absolute atomic E-state index is 0.553. The topological polar surface area (TPSA) is 42.4 Å². The number of oxazole rings is 1. The van der Waals surface area contributed by atoms with Gasteiger partial charge in [0.05, 0.1) is 5.69 Å². The first-order valence-electron chi connectivity index (χ1n) is 19.1. The summed E-state index contributed by atoms with van der Waals surface area (Å²) < 4.78 is 13.2. The third-order valence-electron chi connectivity index (χ3n) is 10.4. The molecule has 0 saturated carbocycles. The average molecular weight is 733 g/mol. The molecular weight excluding hydrogens is 697 g/mol. The van der Waals surface area contributed by atoms with Gasteiger partial charge in [-0.25, -0.2) is 4.98 Å². The lowest BCUT2D eigenvalue weighted by atomic mass is 9.96. The Morgan fingerprint density at radius 1 is 0.474 bits per heavy atom. The third kappa shape index (κ3) is 6.39. The predicted molar refractivity (Wildman–Crippen MR) is 237 cm³/mol. The van der Waals surface area contributed by atoms with Crippen LogP contribution >= 0.6 is 0 Å². The van der Waals surface area contributed by atoms with Crippen molar-refractivity contribution in [1.29, 1.82) is 0 Å². The molecule has 2 heterocycles. The minimum atomic E-state index is 0.553. The van der Waals surface area contributed by atoms with Crippen LogP contribution in [0.5, 0.6) is 0 Å². The van der Waals surface area contributed by atoms with Crippen LogP contribution in [0, 0.1) is 0 Å². The fourth-order valence-corrected chi connectivity index (χ4v) is 7.70. The maximum atomic E-state index is 7.02. The molecule has 0 aliphatic carbocycles. The number of nitrogens with zero attached hydrogens (tertiary/aromatic N) is 2. The van der Waals surface area contributed by atoms with Crippen molar-refractivity contribution in [3.63, 3.8) is 0 Å². The van der Waals surface area contributed by atoms with Crippen LogP contribution in [0.3, 0.4) is 0 Å². The van der Waals surface area contributed by atoms with Crippen molar-refractivity contribution in [3.05, 3.63) is 212 Å². The molecule has 4 heteroatoms. The van der Waals surface area contributed by atoms with Crippen molar-refractivity contribution in [1.82, 2.24) is 4.98 Å². The zero-order valence-corrected chi connectivity index (χ0v) is 31.0. The first kappa shape index (κ1) is 33.8. The van der Waals surface area contributed by atoms with E-state index in [0.29, 0.717) is 5.89 Å². The second-order valence-corrected chi connectivity index (χ2v) is 14.0. The first-order valence-corrected chi connectivity index (χ1v) is 19.1. The number of benzene rings is 8. The van der Waals surface area contributed by atoms with Crippen molar-refractivity contribution in [2.24, 2.45) is 0 Å². The summed E-state index contributed by atoms with van der Waals surface area (Å²) in [6, 6.07) is 65.6. The molecule has 0 aliphatic heterocycles. The van der Waals surface area contributed by atoms with E-state index in [-0.39, 0.29) is 0 Å². The van der Waals surface area contributed by atoms with Crippen LogP contribution in [0.15, 0.2) is 216 Å². The van der Waals surface area contributed by atoms with Gasteiger partial charge in [0.2, 0.25) is 5.89 Å². The molecule has 8 aromatic carbocycles. The molecule has 0 saturated heterocycles. The Morgan fingerprint density at radius 2 is 1.07 bits per heavy atom. The normalized spacial score (nSPS) is 11.5. The highest BCUT2D eigenvalue weighted by Gasteiger charge is 2.23. The number of para-hydroxylation sites is 2. The van der Waals surface area contributed by atoms with Gasteiger partial charge in [-0.15, -0.1) is 0 Å². The van der Waals surface area contributed by atoms with E-state index in [1.54, 1.807) is 6.08 Å². The Balaban J connectivity index is 1.22. The maximum absolute atomic E-state index is 7.02. The summed E-state index contributed by atoms with van der Waals surface area (Å²) in [6.07, 6.45) is 5.86. The Morgan fingerprint density at radius 3 is 1.72 bits per heavy atom. The molecule has 0 bridgehead atoms. The maximum Gasteiger partial charge on any atom is 0.227 e. The number of furan rings is 1. The standard InChI is InChI=1S/C53H36N2O2/c1-2-3-15-40-27-31-48(52-51(40)46-30-26-41(35-50(46)56-52)53-54-47-22-13-14-23-49(47)57-53)55(44-28-24-39(25-29-44)36-16-7-4-8-17-36)45-33-42(37-18-9-5-10-19-37)32-43(34-45)38-20-11-6-12-21-38/h2-35H,1H2/b15-3-. The molecule has 270 valence electrons. The van der Waals surface area contributed by atoms with Gasteiger partial charge in [-0.1, -0.05) is 146 Å². The van der Waals surface area contributed by atoms with Gasteiger partial charge in [-0.3, -0.25) is 0 Å². The van der Waals surface area contributed by atoms with E-state index in [4.69, 9.17) is 13.8 Å². The Bertz CT molecular complexity index is 2980. The zero-order chi connectivity index (χ0) is 38.1. The van der Waals surface area contributed by atoms with Crippen LogP contribution in [0.4, 0.5) is 17.1 Å². The van der Waals surface area contributed by atoms with Gasteiger partial charge in [0.1, 0.15) is 11.1 Å². The average Bonchev–Trinajstić information content (AvgIpc) is 3.90. The molecule has 0 N–H and O–H groups in total. The van der Waals surface area contributed by atoms with Crippen LogP contribution in [-0.2, 0) is 0 Å². The molecule has 0 unspecified atom stereocenters. The molecule has 10 aromatic rings. The van der Waals surface area contributed by atoms with E-state index >= 15 is 0 Å². The van der Waals surface area contributed by atoms with Gasteiger partial charge in [0.25, 0.3) is 0 Å². The van der Waals surface area contributed by atoms with E-state index in [2.05, 4.69) is 169 Å². The van der Waals surface area contributed by atoms with Crippen molar-refractivity contribution in [2.75, 3.05) is 4.90 Å². The van der Waals surface area contributed by atoms with Gasteiger partial charge < -0.3 is 13.7 Å². The second-order valence-electron chi connectivity index (χ2n) is 14.0. The largest absolute Gasteiger partial charge is 0.454 e. The van der Waals surface area contributed by atoms with Crippen LogP contribution < -0.4 is 4.90 Å². The lowest BCUT2D eigenvalue weighted by molar-refractivity contribution is 0.619. The summed E-state index contributed by atoms with van der Waals surface area (Å²) in [5.41, 5.74) is 14.7. The minimum Gasteiger partial charge on any atom is -0.454 e. The second kappa shape index (κ2) is 14.5. The summed E-state index contributed by atoms with van der Waals surface area (Å²) >= 11 is 0. The van der Waals surface area contributed by atoms with Crippen LogP contribution in [0.1, 0.15) is 5.56 Å². The van der Waals surface area contributed by atoms with Crippen molar-refractivity contribution in [3.8, 4) is 44.8 Å². The van der Waals surface area contributed by atoms with Crippen molar-refractivity contribution < 1.29 is 8.83 Å². The van der Waals surface area contributed by atoms with Crippen LogP contribution in [0.25, 0.3) is 83.9 Å². The van der Waals surface area contributed by atoms with Gasteiger partial charge in [-0.2, -0.15) is 0 Å². The fraction of sp³-hybridized carbons (Fsp3) is 0. The van der Waals surface area contributed by atoms with Gasteiger partial charge in [0.15, 0.2) is 11.2 Å². The SMILES string of the molecule is C=C/C=C\c1ccc(N(c2ccc(-c3ccccc3)cc2)c2cc(-c3ccccc3)cc(-c3ccccc3)c2)c2oc3cc(-c4nc5ccccc5o4)ccc3c12. The third-order valence-corrected chi connectivity index (χ3v) is 10.4. The molecule has 4 nitrogen and oxygen atoms in total. The lowest BCUT2D eigenvalue weighted by Gasteiger charge is -2.27. The van der Waals surface area contributed by atoms with Gasteiger partial charge in [-0.05, 0) is 106 Å². The fourth-order valence-electron chi connectivity index (χ4n) is 7.70. The van der Waals surface area contributed by atoms with Crippen molar-refractivity contribution >= 4 is 56.2 Å². The molecule has 0 atom stereocenters. The summed E-state index contributed by atoms with van der Waals surface area (Å²) in [5, 5.41) is 2.01. The van der Waals surface area contributed by atoms with Gasteiger partial charge in [0, 0.05) is 27.7 Å². The molecule has 10 rings (SSSR count). The molecule has 0 aliphatic rings. The number of allylic oxidation sites excluding steroid dienone is 2. The van der Waals surface area contributed by atoms with E-state index < -0.39 is 0 Å². The molecule has 0 amide bonds. The monoisotopic (exact) mass is 732 g/mol. The first-order chi connectivity index (χ1) is 28.2. The molecular formula is C53H36N2O2. The van der Waals surface area contributed by atoms with E-state index in [1.807, 2.05) is 42.5 Å². The van der Waals surface area contributed by atoms with Crippen molar-refractivity contribution in [2.45, 2.75) is 0 Å². The van der Waals surface area contributed by atoms with E-state index in [9.17, 15) is 0 Å². The Kier molecular flexibility index (Phi) is 8.62. The number of fused-ring (bicyclic) bond motifs is 4. The summed E-state index contributed by atoms with van der Waals surface area (Å²) in [6.45, 7) is 3.95. The summed E-state index contributed by atoms with van der Waals surface area (Å²) in [4.78, 5) is 7.10. The Labute approximate surface area is 330 Å². The zero-order valence-electron chi connectivity index (χ0n) is 31.0. The smallest absolute Gasteiger partial charge is 0.227 e. The predicted octanol–water partition coefficient (Wildman–Crippen LogP) is 15.1. The lowest BCUT2D eigenvalue weighted by Crippen LogP contribution is -2.11. The number of aromatic nitrogens is 1. The molecule has 0 spiro atoms. The quantitative estimate of drug-likeness (QED) is 0.139. The van der Waals surface area contributed by atoms with Crippen LogP contribution in [0.2, 0.25) is 0 Å². The van der Waals surface area contributed by atoms with Gasteiger partial charge >= 0.3 is 0 Å². The Hall–Kier alpha value is -7.69.